The Morgan fingerprint density at radius 2 is 1.81 bits per heavy atom. The molecule has 148 valence electrons. The maximum absolute atomic E-state index is 13.0. The van der Waals surface area contributed by atoms with Crippen LogP contribution in [0, 0.1) is 5.92 Å². The first-order chi connectivity index (χ1) is 12.5. The van der Waals surface area contributed by atoms with Crippen molar-refractivity contribution in [1.29, 1.82) is 0 Å². The van der Waals surface area contributed by atoms with Crippen molar-refractivity contribution < 1.29 is 23.9 Å². The van der Waals surface area contributed by atoms with E-state index in [1.54, 1.807) is 27.7 Å². The van der Waals surface area contributed by atoms with Gasteiger partial charge in [0.1, 0.15) is 17.0 Å². The summed E-state index contributed by atoms with van der Waals surface area (Å²) < 4.78 is 10.5. The molecule has 0 radical (unpaired) electrons. The van der Waals surface area contributed by atoms with E-state index >= 15 is 0 Å². The minimum atomic E-state index is -1.32. The summed E-state index contributed by atoms with van der Waals surface area (Å²) in [5.41, 5.74) is -1.27. The van der Waals surface area contributed by atoms with Gasteiger partial charge in [0, 0.05) is 0 Å². The van der Waals surface area contributed by atoms with E-state index in [-0.39, 0.29) is 12.3 Å². The molecule has 27 heavy (non-hydrogen) atoms. The summed E-state index contributed by atoms with van der Waals surface area (Å²) in [6.45, 7) is 6.93. The highest BCUT2D eigenvalue weighted by Crippen LogP contribution is 2.48. The van der Waals surface area contributed by atoms with Gasteiger partial charge in [0.2, 0.25) is 5.91 Å². The Balaban J connectivity index is 2.59. The Labute approximate surface area is 164 Å². The number of methoxy groups -OCH3 is 1. The molecule has 0 unspecified atom stereocenters. The molecule has 1 aromatic rings. The van der Waals surface area contributed by atoms with Crippen LogP contribution in [-0.4, -0.2) is 46.9 Å². The molecule has 1 aliphatic rings. The molecule has 0 aromatic heterocycles. The predicted octanol–water partition coefficient (Wildman–Crippen LogP) is 3.09. The third kappa shape index (κ3) is 4.26. The number of ether oxygens (including phenoxy) is 2. The molecule has 0 spiro atoms. The molecule has 1 amide bonds. The molecule has 6 nitrogen and oxygen atoms in total. The number of nitrogens with zero attached hydrogens (tertiary/aromatic N) is 1. The zero-order valence-corrected chi connectivity index (χ0v) is 17.1. The number of esters is 2. The lowest BCUT2D eigenvalue weighted by atomic mass is 9.90. The first-order valence-electron chi connectivity index (χ1n) is 8.79. The standard InChI is InChI=1S/C20H26ClNO5/c1-19(2,3)27-17(24)14-11-20(4,18(25)26-5)22(15(23)12-21)16(14)13-9-7-6-8-10-13/h6-10,14,16H,11-12H2,1-5H3/t14-,16+,20+/m1/s1. The highest BCUT2D eigenvalue weighted by Gasteiger charge is 2.59. The Bertz CT molecular complexity index is 715. The van der Waals surface area contributed by atoms with Crippen LogP contribution in [0.25, 0.3) is 0 Å². The third-order valence-electron chi connectivity index (χ3n) is 4.67. The van der Waals surface area contributed by atoms with Crippen molar-refractivity contribution >= 4 is 29.4 Å². The zero-order valence-electron chi connectivity index (χ0n) is 16.3. The average molecular weight is 396 g/mol. The summed E-state index contributed by atoms with van der Waals surface area (Å²) in [7, 11) is 1.26. The van der Waals surface area contributed by atoms with Gasteiger partial charge in [0.25, 0.3) is 0 Å². The van der Waals surface area contributed by atoms with Gasteiger partial charge in [-0.05, 0) is 39.7 Å². The number of carbonyl (C=O) groups excluding carboxylic acids is 3. The second-order valence-corrected chi connectivity index (χ2v) is 8.13. The fourth-order valence-electron chi connectivity index (χ4n) is 3.64. The second kappa shape index (κ2) is 7.89. The van der Waals surface area contributed by atoms with Gasteiger partial charge >= 0.3 is 11.9 Å². The smallest absolute Gasteiger partial charge is 0.331 e. The lowest BCUT2D eigenvalue weighted by Crippen LogP contribution is -2.52. The van der Waals surface area contributed by atoms with Crippen LogP contribution in [0.1, 0.15) is 45.7 Å². The van der Waals surface area contributed by atoms with Gasteiger partial charge < -0.3 is 14.4 Å². The number of carbonyl (C=O) groups is 3. The summed E-state index contributed by atoms with van der Waals surface area (Å²) >= 11 is 5.83. The van der Waals surface area contributed by atoms with Gasteiger partial charge in [-0.1, -0.05) is 30.3 Å². The summed E-state index contributed by atoms with van der Waals surface area (Å²) in [6.07, 6.45) is 0.0940. The van der Waals surface area contributed by atoms with Crippen LogP contribution in [0.2, 0.25) is 0 Å². The van der Waals surface area contributed by atoms with Crippen molar-refractivity contribution in [2.45, 2.75) is 51.3 Å². The highest BCUT2D eigenvalue weighted by molar-refractivity contribution is 6.27. The van der Waals surface area contributed by atoms with E-state index in [2.05, 4.69) is 0 Å². The molecule has 0 saturated carbocycles. The third-order valence-corrected chi connectivity index (χ3v) is 4.90. The molecular weight excluding hydrogens is 370 g/mol. The van der Waals surface area contributed by atoms with E-state index in [4.69, 9.17) is 21.1 Å². The molecule has 0 bridgehead atoms. The molecule has 0 aliphatic carbocycles. The van der Waals surface area contributed by atoms with Gasteiger partial charge in [-0.25, -0.2) is 4.79 Å². The summed E-state index contributed by atoms with van der Waals surface area (Å²) in [4.78, 5) is 39.6. The number of hydrogen-bond donors (Lipinski definition) is 0. The summed E-state index contributed by atoms with van der Waals surface area (Å²) in [5.74, 6) is -2.52. The largest absolute Gasteiger partial charge is 0.467 e. The fraction of sp³-hybridized carbons (Fsp3) is 0.550. The molecule has 2 rings (SSSR count). The lowest BCUT2D eigenvalue weighted by Gasteiger charge is -2.36. The number of alkyl halides is 1. The van der Waals surface area contributed by atoms with Crippen molar-refractivity contribution in [1.82, 2.24) is 4.90 Å². The normalized spacial score (nSPS) is 25.2. The minimum absolute atomic E-state index is 0.0940. The van der Waals surface area contributed by atoms with Crippen LogP contribution in [0.5, 0.6) is 0 Å². The van der Waals surface area contributed by atoms with Crippen LogP contribution in [0.3, 0.4) is 0 Å². The molecule has 1 fully saturated rings. The lowest BCUT2D eigenvalue weighted by molar-refractivity contribution is -0.161. The SMILES string of the molecule is COC(=O)[C@]1(C)C[C@@H](C(=O)OC(C)(C)C)[C@H](c2ccccc2)N1C(=O)CCl. The van der Waals surface area contributed by atoms with Gasteiger partial charge in [-0.15, -0.1) is 11.6 Å². The van der Waals surface area contributed by atoms with Gasteiger partial charge in [0.05, 0.1) is 19.1 Å². The Kier molecular flexibility index (Phi) is 6.20. The Morgan fingerprint density at radius 3 is 2.30 bits per heavy atom. The van der Waals surface area contributed by atoms with Crippen LogP contribution in [-0.2, 0) is 23.9 Å². The quantitative estimate of drug-likeness (QED) is 0.578. The molecule has 0 N–H and O–H groups in total. The Morgan fingerprint density at radius 1 is 1.22 bits per heavy atom. The van der Waals surface area contributed by atoms with E-state index in [0.29, 0.717) is 0 Å². The number of hydrogen-bond acceptors (Lipinski definition) is 5. The maximum atomic E-state index is 13.0. The number of amides is 1. The van der Waals surface area contributed by atoms with E-state index in [0.717, 1.165) is 5.56 Å². The van der Waals surface area contributed by atoms with Crippen LogP contribution in [0.4, 0.5) is 0 Å². The minimum Gasteiger partial charge on any atom is -0.467 e. The van der Waals surface area contributed by atoms with Gasteiger partial charge in [-0.2, -0.15) is 0 Å². The molecule has 1 aliphatic heterocycles. The summed E-state index contributed by atoms with van der Waals surface area (Å²) in [6, 6.07) is 8.45. The monoisotopic (exact) mass is 395 g/mol. The van der Waals surface area contributed by atoms with Crippen LogP contribution >= 0.6 is 11.6 Å². The molecule has 7 heteroatoms. The topological polar surface area (TPSA) is 72.9 Å². The van der Waals surface area contributed by atoms with Crippen molar-refractivity contribution in [2.75, 3.05) is 13.0 Å². The predicted molar refractivity (Wildman–Crippen MR) is 101 cm³/mol. The van der Waals surface area contributed by atoms with Crippen molar-refractivity contribution in [2.24, 2.45) is 5.92 Å². The first kappa shape index (κ1) is 21.2. The van der Waals surface area contributed by atoms with E-state index in [1.807, 2.05) is 30.3 Å². The Hall–Kier alpha value is -2.08. The van der Waals surface area contributed by atoms with Crippen LogP contribution < -0.4 is 0 Å². The molecule has 1 saturated heterocycles. The maximum Gasteiger partial charge on any atom is 0.331 e. The number of rotatable bonds is 4. The molecule has 3 atom stereocenters. The van der Waals surface area contributed by atoms with E-state index in [1.165, 1.54) is 12.0 Å². The van der Waals surface area contributed by atoms with Gasteiger partial charge in [0.15, 0.2) is 0 Å². The zero-order chi connectivity index (χ0) is 20.4. The average Bonchev–Trinajstić information content (AvgIpc) is 2.94. The van der Waals surface area contributed by atoms with Crippen LogP contribution in [0.15, 0.2) is 30.3 Å². The molecule has 1 aromatic carbocycles. The molecular formula is C20H26ClNO5. The van der Waals surface area contributed by atoms with Crippen molar-refractivity contribution in [3.63, 3.8) is 0 Å². The number of halogens is 1. The number of benzene rings is 1. The fourth-order valence-corrected chi connectivity index (χ4v) is 3.77. The van der Waals surface area contributed by atoms with Gasteiger partial charge in [-0.3, -0.25) is 9.59 Å². The van der Waals surface area contributed by atoms with E-state index < -0.39 is 40.9 Å². The second-order valence-electron chi connectivity index (χ2n) is 7.86. The number of likely N-dealkylation sites (tertiary alicyclic amines) is 1. The summed E-state index contributed by atoms with van der Waals surface area (Å²) in [5, 5.41) is 0. The van der Waals surface area contributed by atoms with Crippen molar-refractivity contribution in [3.8, 4) is 0 Å². The molecule has 1 heterocycles. The first-order valence-corrected chi connectivity index (χ1v) is 9.33. The highest BCUT2D eigenvalue weighted by atomic mass is 35.5. The van der Waals surface area contributed by atoms with E-state index in [9.17, 15) is 14.4 Å². The van der Waals surface area contributed by atoms with Crippen molar-refractivity contribution in [3.05, 3.63) is 35.9 Å².